The molecule has 0 saturated heterocycles. The first-order chi connectivity index (χ1) is 19.8. The smallest absolute Gasteiger partial charge is 0.219 e. The Morgan fingerprint density at radius 3 is 1.07 bits per heavy atom. The molecule has 1 amide bonds. The SMILES string of the molecule is CCCCCCCC/C=C\CCCCCCCCCCCCNC(=O)CCCCCCCCCCCCCCC. The molecule has 0 rings (SSSR count). The highest BCUT2D eigenvalue weighted by molar-refractivity contribution is 5.75. The van der Waals surface area contributed by atoms with Gasteiger partial charge in [0.05, 0.1) is 0 Å². The number of amides is 1. The molecule has 0 aliphatic carbocycles. The second-order valence-corrected chi connectivity index (χ2v) is 12.7. The lowest BCUT2D eigenvalue weighted by atomic mass is 10.0. The van der Waals surface area contributed by atoms with E-state index in [1.807, 2.05) is 0 Å². The van der Waals surface area contributed by atoms with Gasteiger partial charge in [0.1, 0.15) is 0 Å². The third kappa shape index (κ3) is 35.2. The first-order valence-corrected chi connectivity index (χ1v) is 18.7. The van der Waals surface area contributed by atoms with Gasteiger partial charge >= 0.3 is 0 Å². The Kier molecular flexibility index (Phi) is 35.5. The number of allylic oxidation sites excluding steroid dienone is 2. The van der Waals surface area contributed by atoms with E-state index >= 15 is 0 Å². The minimum atomic E-state index is 0.274. The Morgan fingerprint density at radius 1 is 0.400 bits per heavy atom. The molecule has 0 atom stereocenters. The third-order valence-corrected chi connectivity index (χ3v) is 8.52. The molecule has 0 aliphatic rings. The van der Waals surface area contributed by atoms with Crippen LogP contribution in [0.5, 0.6) is 0 Å². The van der Waals surface area contributed by atoms with E-state index in [1.54, 1.807) is 0 Å². The molecule has 238 valence electrons. The fourth-order valence-electron chi connectivity index (χ4n) is 5.70. The summed E-state index contributed by atoms with van der Waals surface area (Å²) in [5.74, 6) is 0.274. The second-order valence-electron chi connectivity index (χ2n) is 12.7. The summed E-state index contributed by atoms with van der Waals surface area (Å²) in [5, 5.41) is 3.14. The zero-order valence-electron chi connectivity index (χ0n) is 27.9. The van der Waals surface area contributed by atoms with E-state index in [0.29, 0.717) is 0 Å². The number of nitrogens with one attached hydrogen (secondary N) is 1. The number of rotatable bonds is 34. The molecule has 40 heavy (non-hydrogen) atoms. The molecule has 0 spiro atoms. The summed E-state index contributed by atoms with van der Waals surface area (Å²) in [6.45, 7) is 5.45. The van der Waals surface area contributed by atoms with Crippen molar-refractivity contribution in [3.8, 4) is 0 Å². The summed E-state index contributed by atoms with van der Waals surface area (Å²) in [5.41, 5.74) is 0. The van der Waals surface area contributed by atoms with E-state index in [9.17, 15) is 4.79 Å². The topological polar surface area (TPSA) is 29.1 Å². The summed E-state index contributed by atoms with van der Waals surface area (Å²) in [7, 11) is 0. The molecule has 1 N–H and O–H groups in total. The molecule has 0 unspecified atom stereocenters. The first kappa shape index (κ1) is 39.2. The third-order valence-electron chi connectivity index (χ3n) is 8.52. The lowest BCUT2D eigenvalue weighted by molar-refractivity contribution is -0.121. The van der Waals surface area contributed by atoms with Crippen molar-refractivity contribution in [1.29, 1.82) is 0 Å². The van der Waals surface area contributed by atoms with Crippen LogP contribution in [0.3, 0.4) is 0 Å². The lowest BCUT2D eigenvalue weighted by Gasteiger charge is -2.06. The normalized spacial score (nSPS) is 11.6. The summed E-state index contributed by atoms with van der Waals surface area (Å²) in [6.07, 6.45) is 47.8. The van der Waals surface area contributed by atoms with Gasteiger partial charge in [0.25, 0.3) is 0 Å². The van der Waals surface area contributed by atoms with Crippen molar-refractivity contribution in [3.63, 3.8) is 0 Å². The molecular weight excluding hydrogens is 486 g/mol. The van der Waals surface area contributed by atoms with Gasteiger partial charge in [-0.2, -0.15) is 0 Å². The highest BCUT2D eigenvalue weighted by Crippen LogP contribution is 2.14. The van der Waals surface area contributed by atoms with Crippen molar-refractivity contribution in [2.75, 3.05) is 6.54 Å². The quantitative estimate of drug-likeness (QED) is 0.0614. The number of carbonyl (C=O) groups excluding carboxylic acids is 1. The van der Waals surface area contributed by atoms with Crippen molar-refractivity contribution >= 4 is 5.91 Å². The van der Waals surface area contributed by atoms with E-state index in [1.165, 1.54) is 186 Å². The molecule has 0 aromatic rings. The summed E-state index contributed by atoms with van der Waals surface area (Å²) >= 11 is 0. The van der Waals surface area contributed by atoms with Crippen LogP contribution in [0.2, 0.25) is 0 Å². The van der Waals surface area contributed by atoms with Crippen LogP contribution in [0.15, 0.2) is 12.2 Å². The number of hydrogen-bond donors (Lipinski definition) is 1. The molecule has 0 radical (unpaired) electrons. The Hall–Kier alpha value is -0.790. The van der Waals surface area contributed by atoms with Gasteiger partial charge in [0.15, 0.2) is 0 Å². The van der Waals surface area contributed by atoms with E-state index in [-0.39, 0.29) is 5.91 Å². The molecule has 0 fully saturated rings. The highest BCUT2D eigenvalue weighted by atomic mass is 16.1. The van der Waals surface area contributed by atoms with Crippen LogP contribution in [0.1, 0.15) is 219 Å². The van der Waals surface area contributed by atoms with Gasteiger partial charge in [-0.25, -0.2) is 0 Å². The maximum absolute atomic E-state index is 12.0. The van der Waals surface area contributed by atoms with Crippen LogP contribution in [0.4, 0.5) is 0 Å². The summed E-state index contributed by atoms with van der Waals surface area (Å²) < 4.78 is 0. The van der Waals surface area contributed by atoms with Crippen molar-refractivity contribution < 1.29 is 4.79 Å². The predicted octanol–water partition coefficient (Wildman–Crippen LogP) is 13.2. The van der Waals surface area contributed by atoms with Crippen LogP contribution in [-0.2, 0) is 4.79 Å². The van der Waals surface area contributed by atoms with E-state index < -0.39 is 0 Å². The van der Waals surface area contributed by atoms with E-state index in [0.717, 1.165) is 25.8 Å². The second kappa shape index (κ2) is 36.2. The van der Waals surface area contributed by atoms with Crippen LogP contribution in [0, 0.1) is 0 Å². The Morgan fingerprint density at radius 2 is 0.700 bits per heavy atom. The van der Waals surface area contributed by atoms with Gasteiger partial charge in [-0.1, -0.05) is 187 Å². The minimum Gasteiger partial charge on any atom is -0.356 e. The van der Waals surface area contributed by atoms with Gasteiger partial charge < -0.3 is 5.32 Å². The summed E-state index contributed by atoms with van der Waals surface area (Å²) in [6, 6.07) is 0. The fourth-order valence-corrected chi connectivity index (χ4v) is 5.70. The van der Waals surface area contributed by atoms with E-state index in [4.69, 9.17) is 0 Å². The first-order valence-electron chi connectivity index (χ1n) is 18.7. The van der Waals surface area contributed by atoms with Crippen LogP contribution >= 0.6 is 0 Å². The molecule has 0 aliphatic heterocycles. The molecule has 0 bridgehead atoms. The van der Waals surface area contributed by atoms with Crippen molar-refractivity contribution in [1.82, 2.24) is 5.32 Å². The maximum atomic E-state index is 12.0. The lowest BCUT2D eigenvalue weighted by Crippen LogP contribution is -2.23. The summed E-state index contributed by atoms with van der Waals surface area (Å²) in [4.78, 5) is 12.0. The largest absolute Gasteiger partial charge is 0.356 e. The molecule has 2 nitrogen and oxygen atoms in total. The number of hydrogen-bond acceptors (Lipinski definition) is 1. The van der Waals surface area contributed by atoms with Gasteiger partial charge in [-0.3, -0.25) is 4.79 Å². The van der Waals surface area contributed by atoms with Crippen LogP contribution in [-0.4, -0.2) is 12.5 Å². The monoisotopic (exact) mass is 562 g/mol. The van der Waals surface area contributed by atoms with Gasteiger partial charge in [0.2, 0.25) is 5.91 Å². The van der Waals surface area contributed by atoms with Crippen LogP contribution < -0.4 is 5.32 Å². The van der Waals surface area contributed by atoms with Crippen molar-refractivity contribution in [2.24, 2.45) is 0 Å². The average Bonchev–Trinajstić information content (AvgIpc) is 2.96. The van der Waals surface area contributed by atoms with Crippen molar-refractivity contribution in [2.45, 2.75) is 219 Å². The van der Waals surface area contributed by atoms with Gasteiger partial charge in [-0.15, -0.1) is 0 Å². The standard InChI is InChI=1S/C38H75NO/c1-3-5-7-9-11-13-15-17-18-19-20-21-22-23-25-27-29-31-33-35-37-39-38(40)36-34-32-30-28-26-24-16-14-12-10-8-6-4-2/h17-18H,3-16,19-37H2,1-2H3,(H,39,40)/b18-17-. The molecule has 0 heterocycles. The molecular formula is C38H75NO. The average molecular weight is 562 g/mol. The molecule has 2 heteroatoms. The Labute approximate surface area is 253 Å². The number of unbranched alkanes of at least 4 members (excludes halogenated alkanes) is 28. The molecule has 0 aromatic heterocycles. The zero-order chi connectivity index (χ0) is 29.0. The molecule has 0 saturated carbocycles. The minimum absolute atomic E-state index is 0.274. The maximum Gasteiger partial charge on any atom is 0.219 e. The van der Waals surface area contributed by atoms with Crippen LogP contribution in [0.25, 0.3) is 0 Å². The predicted molar refractivity (Wildman–Crippen MR) is 181 cm³/mol. The fraction of sp³-hybridized carbons (Fsp3) is 0.921. The number of carbonyl (C=O) groups is 1. The van der Waals surface area contributed by atoms with E-state index in [2.05, 4.69) is 31.3 Å². The zero-order valence-corrected chi connectivity index (χ0v) is 27.9. The highest BCUT2D eigenvalue weighted by Gasteiger charge is 2.01. The Balaban J connectivity index is 3.17. The van der Waals surface area contributed by atoms with Crippen molar-refractivity contribution in [3.05, 3.63) is 12.2 Å². The van der Waals surface area contributed by atoms with Gasteiger partial charge in [0, 0.05) is 13.0 Å². The van der Waals surface area contributed by atoms with Gasteiger partial charge in [-0.05, 0) is 38.5 Å². The Bertz CT molecular complexity index is 500. The molecule has 0 aromatic carbocycles.